The molecule has 8 heteroatoms. The minimum atomic E-state index is -1.42. The van der Waals surface area contributed by atoms with Gasteiger partial charge in [0, 0.05) is 24.7 Å². The molecule has 0 fully saturated rings. The van der Waals surface area contributed by atoms with Crippen molar-refractivity contribution >= 4 is 33.4 Å². The van der Waals surface area contributed by atoms with E-state index >= 15 is 0 Å². The summed E-state index contributed by atoms with van der Waals surface area (Å²) in [5, 5.41) is 10.9. The zero-order chi connectivity index (χ0) is 12.4. The Bertz CT molecular complexity index is 616. The minimum absolute atomic E-state index is 0.126. The molecule has 0 aliphatic rings. The Morgan fingerprint density at radius 3 is 2.71 bits per heavy atom. The van der Waals surface area contributed by atoms with Crippen LogP contribution in [0.2, 0.25) is 0 Å². The number of hydrogen-bond acceptors (Lipinski definition) is 5. The van der Waals surface area contributed by atoms with Crippen LogP contribution in [0.3, 0.4) is 0 Å². The molecule has 0 radical (unpaired) electrons. The van der Waals surface area contributed by atoms with Crippen LogP contribution in [0.25, 0.3) is 11.0 Å². The number of nitrogens with zero attached hydrogens (tertiary/aromatic N) is 3. The molecule has 1 N–H and O–H groups in total. The second-order valence-corrected chi connectivity index (χ2v) is 4.31. The van der Waals surface area contributed by atoms with Crippen LogP contribution < -0.4 is 4.72 Å². The second kappa shape index (κ2) is 4.42. The Balaban J connectivity index is 2.74. The third kappa shape index (κ3) is 2.21. The largest absolute Gasteiger partial charge is 0.297 e. The number of nitro groups is 1. The molecule has 1 atom stereocenters. The predicted octanol–water partition coefficient (Wildman–Crippen LogP) is 1.24. The van der Waals surface area contributed by atoms with E-state index < -0.39 is 15.9 Å². The maximum absolute atomic E-state index is 11.2. The zero-order valence-corrected chi connectivity index (χ0v) is 9.60. The normalized spacial score (nSPS) is 12.3. The number of fused-ring (bicyclic) bond motifs is 1. The van der Waals surface area contributed by atoms with Gasteiger partial charge in [0.1, 0.15) is 16.5 Å². The summed E-state index contributed by atoms with van der Waals surface area (Å²) in [5.41, 5.74) is 0.789. The highest BCUT2D eigenvalue weighted by Crippen LogP contribution is 2.30. The summed E-state index contributed by atoms with van der Waals surface area (Å²) < 4.78 is 13.7. The van der Waals surface area contributed by atoms with Crippen molar-refractivity contribution < 1.29 is 9.13 Å². The standard InChI is InChI=1S/C9H8N4O3S/c1-17(16)12-9-7(13(14)15)3-2-6-8(9)11-5-4-10-6/h2-5,12H,1H3. The van der Waals surface area contributed by atoms with Gasteiger partial charge in [-0.25, -0.2) is 4.21 Å². The third-order valence-corrected chi connectivity index (χ3v) is 2.55. The summed E-state index contributed by atoms with van der Waals surface area (Å²) in [6.07, 6.45) is 4.30. The molecular formula is C9H8N4O3S. The van der Waals surface area contributed by atoms with Gasteiger partial charge in [-0.3, -0.25) is 24.8 Å². The van der Waals surface area contributed by atoms with Gasteiger partial charge in [0.25, 0.3) is 5.69 Å². The Kier molecular flexibility index (Phi) is 2.96. The maximum atomic E-state index is 11.2. The van der Waals surface area contributed by atoms with Crippen molar-refractivity contribution in [3.8, 4) is 0 Å². The van der Waals surface area contributed by atoms with E-state index in [2.05, 4.69) is 14.7 Å². The molecule has 1 heterocycles. The molecule has 0 saturated heterocycles. The van der Waals surface area contributed by atoms with Gasteiger partial charge >= 0.3 is 0 Å². The van der Waals surface area contributed by atoms with Crippen molar-refractivity contribution in [3.05, 3.63) is 34.6 Å². The van der Waals surface area contributed by atoms with Crippen molar-refractivity contribution in [1.29, 1.82) is 0 Å². The molecule has 0 bridgehead atoms. The lowest BCUT2D eigenvalue weighted by Crippen LogP contribution is -2.05. The summed E-state index contributed by atoms with van der Waals surface area (Å²) in [6.45, 7) is 0. The SMILES string of the molecule is CS(=O)Nc1c([N+](=O)[O-])ccc2nccnc12. The van der Waals surface area contributed by atoms with Gasteiger partial charge in [-0.1, -0.05) is 0 Å². The molecule has 0 amide bonds. The van der Waals surface area contributed by atoms with Gasteiger partial charge in [0.2, 0.25) is 0 Å². The fraction of sp³-hybridized carbons (Fsp3) is 0.111. The van der Waals surface area contributed by atoms with Gasteiger partial charge in [0.05, 0.1) is 10.4 Å². The highest BCUT2D eigenvalue weighted by atomic mass is 32.2. The molecule has 0 saturated carbocycles. The van der Waals surface area contributed by atoms with Crippen LogP contribution >= 0.6 is 0 Å². The molecule has 2 aromatic rings. The molecule has 1 aromatic carbocycles. The average Bonchev–Trinajstić information content (AvgIpc) is 2.28. The number of hydrogen-bond donors (Lipinski definition) is 1. The number of benzene rings is 1. The van der Waals surface area contributed by atoms with Gasteiger partial charge in [-0.2, -0.15) is 0 Å². The van der Waals surface area contributed by atoms with Crippen molar-refractivity contribution in [3.63, 3.8) is 0 Å². The zero-order valence-electron chi connectivity index (χ0n) is 8.78. The quantitative estimate of drug-likeness (QED) is 0.654. The van der Waals surface area contributed by atoms with E-state index in [1.54, 1.807) is 0 Å². The molecule has 7 nitrogen and oxygen atoms in total. The van der Waals surface area contributed by atoms with Crippen LogP contribution in [0.15, 0.2) is 24.5 Å². The monoisotopic (exact) mass is 252 g/mol. The van der Waals surface area contributed by atoms with Crippen LogP contribution in [0.5, 0.6) is 0 Å². The minimum Gasteiger partial charge on any atom is -0.297 e. The summed E-state index contributed by atoms with van der Waals surface area (Å²) in [6, 6.07) is 2.82. The second-order valence-electron chi connectivity index (χ2n) is 3.20. The lowest BCUT2D eigenvalue weighted by atomic mass is 10.2. The molecule has 17 heavy (non-hydrogen) atoms. The lowest BCUT2D eigenvalue weighted by molar-refractivity contribution is -0.383. The predicted molar refractivity (Wildman–Crippen MR) is 63.9 cm³/mol. The van der Waals surface area contributed by atoms with E-state index in [0.717, 1.165) is 0 Å². The van der Waals surface area contributed by atoms with Gasteiger partial charge in [0.15, 0.2) is 5.69 Å². The van der Waals surface area contributed by atoms with Crippen LogP contribution in [0.4, 0.5) is 11.4 Å². The van der Waals surface area contributed by atoms with E-state index in [-0.39, 0.29) is 11.4 Å². The third-order valence-electron chi connectivity index (χ3n) is 2.06. The van der Waals surface area contributed by atoms with E-state index in [9.17, 15) is 14.3 Å². The fourth-order valence-corrected chi connectivity index (χ4v) is 1.91. The van der Waals surface area contributed by atoms with E-state index in [1.807, 2.05) is 0 Å². The van der Waals surface area contributed by atoms with Gasteiger partial charge in [-0.05, 0) is 6.07 Å². The lowest BCUT2D eigenvalue weighted by Gasteiger charge is -2.06. The Labute approximate surface area is 98.6 Å². The molecular weight excluding hydrogens is 244 g/mol. The molecule has 0 spiro atoms. The van der Waals surface area contributed by atoms with Crippen LogP contribution in [-0.4, -0.2) is 25.4 Å². The molecule has 1 aromatic heterocycles. The number of rotatable bonds is 3. The number of anilines is 1. The maximum Gasteiger partial charge on any atom is 0.295 e. The van der Waals surface area contributed by atoms with Crippen molar-refractivity contribution in [2.75, 3.05) is 11.0 Å². The smallest absolute Gasteiger partial charge is 0.295 e. The molecule has 0 aliphatic heterocycles. The Morgan fingerprint density at radius 1 is 1.35 bits per heavy atom. The molecule has 1 unspecified atom stereocenters. The first-order valence-corrected chi connectivity index (χ1v) is 6.13. The number of nitrogens with one attached hydrogen (secondary N) is 1. The van der Waals surface area contributed by atoms with Crippen molar-refractivity contribution in [2.24, 2.45) is 0 Å². The van der Waals surface area contributed by atoms with E-state index in [0.29, 0.717) is 11.0 Å². The molecule has 2 rings (SSSR count). The van der Waals surface area contributed by atoms with E-state index in [4.69, 9.17) is 0 Å². The van der Waals surface area contributed by atoms with Crippen molar-refractivity contribution in [1.82, 2.24) is 9.97 Å². The van der Waals surface area contributed by atoms with Gasteiger partial charge in [-0.15, -0.1) is 0 Å². The summed E-state index contributed by atoms with van der Waals surface area (Å²) in [4.78, 5) is 18.4. The number of aromatic nitrogens is 2. The highest BCUT2D eigenvalue weighted by Gasteiger charge is 2.18. The first-order valence-electron chi connectivity index (χ1n) is 4.58. The number of nitro benzene ring substituents is 1. The van der Waals surface area contributed by atoms with Crippen LogP contribution in [-0.2, 0) is 11.0 Å². The summed E-state index contributed by atoms with van der Waals surface area (Å²) in [7, 11) is -1.42. The van der Waals surface area contributed by atoms with Crippen LogP contribution in [0.1, 0.15) is 0 Å². The Morgan fingerprint density at radius 2 is 2.06 bits per heavy atom. The first kappa shape index (κ1) is 11.4. The Hall–Kier alpha value is -2.09. The van der Waals surface area contributed by atoms with Crippen LogP contribution in [0, 0.1) is 10.1 Å². The molecule has 0 aliphatic carbocycles. The highest BCUT2D eigenvalue weighted by molar-refractivity contribution is 7.85. The molecule has 88 valence electrons. The summed E-state index contributed by atoms with van der Waals surface area (Å²) >= 11 is 0. The van der Waals surface area contributed by atoms with Crippen molar-refractivity contribution in [2.45, 2.75) is 0 Å². The first-order chi connectivity index (χ1) is 8.09. The average molecular weight is 252 g/mol. The van der Waals surface area contributed by atoms with Gasteiger partial charge < -0.3 is 0 Å². The topological polar surface area (TPSA) is 98.0 Å². The fourth-order valence-electron chi connectivity index (χ4n) is 1.42. The summed E-state index contributed by atoms with van der Waals surface area (Å²) in [5.74, 6) is 0. The van der Waals surface area contributed by atoms with E-state index in [1.165, 1.54) is 30.8 Å².